The zero-order chi connectivity index (χ0) is 14.9. The molecule has 20 heavy (non-hydrogen) atoms. The van der Waals surface area contributed by atoms with E-state index in [0.29, 0.717) is 15.5 Å². The molecule has 1 saturated carbocycles. The molecule has 4 nitrogen and oxygen atoms in total. The number of hydrogen-bond donors (Lipinski definition) is 1. The molecule has 1 aromatic carbocycles. The Morgan fingerprint density at radius 1 is 1.25 bits per heavy atom. The standard InChI is InChI=1S/C14H21ClN2O2S/c1-10-9-11(15)3-8-14(10)20(18,19)17(2)13-6-4-12(16)5-7-13/h3,8-9,12-13H,4-7,16H2,1-2H3. The first-order chi connectivity index (χ1) is 9.32. The quantitative estimate of drug-likeness (QED) is 0.932. The van der Waals surface area contributed by atoms with Gasteiger partial charge < -0.3 is 5.73 Å². The summed E-state index contributed by atoms with van der Waals surface area (Å²) in [6, 6.07) is 5.12. The maximum absolute atomic E-state index is 12.7. The van der Waals surface area contributed by atoms with Crippen LogP contribution in [0.15, 0.2) is 23.1 Å². The number of benzene rings is 1. The first-order valence-corrected chi connectivity index (χ1v) is 8.64. The number of halogens is 1. The molecular weight excluding hydrogens is 296 g/mol. The van der Waals surface area contributed by atoms with Crippen LogP contribution in [0.3, 0.4) is 0 Å². The van der Waals surface area contributed by atoms with E-state index in [2.05, 4.69) is 0 Å². The largest absolute Gasteiger partial charge is 0.328 e. The monoisotopic (exact) mass is 316 g/mol. The summed E-state index contributed by atoms with van der Waals surface area (Å²) < 4.78 is 26.9. The van der Waals surface area contributed by atoms with E-state index in [9.17, 15) is 8.42 Å². The third-order valence-electron chi connectivity index (χ3n) is 4.05. The lowest BCUT2D eigenvalue weighted by molar-refractivity contribution is 0.268. The van der Waals surface area contributed by atoms with Crippen LogP contribution in [0.4, 0.5) is 0 Å². The number of nitrogens with zero attached hydrogens (tertiary/aromatic N) is 1. The molecule has 0 amide bonds. The Morgan fingerprint density at radius 3 is 2.40 bits per heavy atom. The average molecular weight is 317 g/mol. The Balaban J connectivity index is 2.25. The van der Waals surface area contributed by atoms with Crippen LogP contribution in [-0.4, -0.2) is 31.9 Å². The van der Waals surface area contributed by atoms with Crippen molar-refractivity contribution in [3.05, 3.63) is 28.8 Å². The molecule has 1 aliphatic rings. The molecule has 0 heterocycles. The molecule has 0 bridgehead atoms. The van der Waals surface area contributed by atoms with Gasteiger partial charge in [-0.1, -0.05) is 11.6 Å². The van der Waals surface area contributed by atoms with Gasteiger partial charge in [-0.25, -0.2) is 8.42 Å². The van der Waals surface area contributed by atoms with E-state index in [1.165, 1.54) is 4.31 Å². The van der Waals surface area contributed by atoms with Crippen molar-refractivity contribution in [1.29, 1.82) is 0 Å². The van der Waals surface area contributed by atoms with Crippen molar-refractivity contribution in [2.45, 2.75) is 49.6 Å². The van der Waals surface area contributed by atoms with Crippen LogP contribution in [0.1, 0.15) is 31.2 Å². The molecule has 0 radical (unpaired) electrons. The highest BCUT2D eigenvalue weighted by atomic mass is 35.5. The summed E-state index contributed by atoms with van der Waals surface area (Å²) in [6.07, 6.45) is 3.40. The van der Waals surface area contributed by atoms with Crippen LogP contribution < -0.4 is 5.73 Å². The molecular formula is C14H21ClN2O2S. The van der Waals surface area contributed by atoms with Gasteiger partial charge in [0, 0.05) is 24.2 Å². The highest BCUT2D eigenvalue weighted by molar-refractivity contribution is 7.89. The fourth-order valence-corrected chi connectivity index (χ4v) is 4.56. The normalized spacial score (nSPS) is 24.1. The zero-order valence-electron chi connectivity index (χ0n) is 11.8. The predicted octanol–water partition coefficient (Wildman–Crippen LogP) is 2.54. The topological polar surface area (TPSA) is 63.4 Å². The van der Waals surface area contributed by atoms with Gasteiger partial charge in [0.15, 0.2) is 0 Å². The first-order valence-electron chi connectivity index (χ1n) is 6.82. The lowest BCUT2D eigenvalue weighted by atomic mass is 9.92. The van der Waals surface area contributed by atoms with Crippen molar-refractivity contribution in [3.8, 4) is 0 Å². The highest BCUT2D eigenvalue weighted by Gasteiger charge is 2.31. The Kier molecular flexibility index (Phi) is 4.74. The minimum absolute atomic E-state index is 0.0369. The van der Waals surface area contributed by atoms with Gasteiger partial charge in [-0.3, -0.25) is 0 Å². The second kappa shape index (κ2) is 6.02. The summed E-state index contributed by atoms with van der Waals surface area (Å²) in [5, 5.41) is 0.549. The summed E-state index contributed by atoms with van der Waals surface area (Å²) >= 11 is 5.89. The molecule has 0 unspecified atom stereocenters. The summed E-state index contributed by atoms with van der Waals surface area (Å²) in [5.74, 6) is 0. The predicted molar refractivity (Wildman–Crippen MR) is 81.4 cm³/mol. The number of hydrogen-bond acceptors (Lipinski definition) is 3. The van der Waals surface area contributed by atoms with Crippen molar-refractivity contribution >= 4 is 21.6 Å². The summed E-state index contributed by atoms with van der Waals surface area (Å²) in [5.41, 5.74) is 6.55. The lowest BCUT2D eigenvalue weighted by Gasteiger charge is -2.33. The van der Waals surface area contributed by atoms with Crippen LogP contribution >= 0.6 is 11.6 Å². The second-order valence-corrected chi connectivity index (χ2v) is 7.90. The fourth-order valence-electron chi connectivity index (χ4n) is 2.72. The molecule has 6 heteroatoms. The van der Waals surface area contributed by atoms with Crippen LogP contribution in [0.25, 0.3) is 0 Å². The number of aryl methyl sites for hydroxylation is 1. The van der Waals surface area contributed by atoms with E-state index in [1.54, 1.807) is 32.2 Å². The molecule has 1 aromatic rings. The molecule has 0 aromatic heterocycles. The third-order valence-corrected chi connectivity index (χ3v) is 6.35. The van der Waals surface area contributed by atoms with E-state index in [1.807, 2.05) is 0 Å². The maximum Gasteiger partial charge on any atom is 0.243 e. The molecule has 2 N–H and O–H groups in total. The molecule has 112 valence electrons. The van der Waals surface area contributed by atoms with Gasteiger partial charge in [-0.05, 0) is 56.4 Å². The van der Waals surface area contributed by atoms with Gasteiger partial charge in [0.1, 0.15) is 0 Å². The van der Waals surface area contributed by atoms with Crippen LogP contribution in [0.2, 0.25) is 5.02 Å². The van der Waals surface area contributed by atoms with E-state index in [0.717, 1.165) is 25.7 Å². The molecule has 0 atom stereocenters. The SMILES string of the molecule is Cc1cc(Cl)ccc1S(=O)(=O)N(C)C1CCC(N)CC1. The van der Waals surface area contributed by atoms with Gasteiger partial charge in [0.05, 0.1) is 4.90 Å². The summed E-state index contributed by atoms with van der Waals surface area (Å²) in [7, 11) is -1.81. The Morgan fingerprint density at radius 2 is 1.85 bits per heavy atom. The van der Waals surface area contributed by atoms with Gasteiger partial charge in [0.25, 0.3) is 0 Å². The summed E-state index contributed by atoms with van der Waals surface area (Å²) in [6.45, 7) is 1.77. The van der Waals surface area contributed by atoms with E-state index >= 15 is 0 Å². The van der Waals surface area contributed by atoms with E-state index in [4.69, 9.17) is 17.3 Å². The Hall–Kier alpha value is -0.620. The van der Waals surface area contributed by atoms with Crippen molar-refractivity contribution in [2.75, 3.05) is 7.05 Å². The Bertz CT molecular complexity index is 581. The van der Waals surface area contributed by atoms with Crippen LogP contribution in [0, 0.1) is 6.92 Å². The number of rotatable bonds is 3. The van der Waals surface area contributed by atoms with E-state index < -0.39 is 10.0 Å². The maximum atomic E-state index is 12.7. The van der Waals surface area contributed by atoms with Crippen molar-refractivity contribution in [1.82, 2.24) is 4.31 Å². The summed E-state index contributed by atoms with van der Waals surface area (Å²) in [4.78, 5) is 0.333. The minimum Gasteiger partial charge on any atom is -0.328 e. The molecule has 0 saturated heterocycles. The molecule has 2 rings (SSSR count). The smallest absolute Gasteiger partial charge is 0.243 e. The van der Waals surface area contributed by atoms with E-state index in [-0.39, 0.29) is 12.1 Å². The van der Waals surface area contributed by atoms with Gasteiger partial charge in [-0.15, -0.1) is 0 Å². The van der Waals surface area contributed by atoms with Crippen LogP contribution in [0.5, 0.6) is 0 Å². The van der Waals surface area contributed by atoms with Crippen LogP contribution in [-0.2, 0) is 10.0 Å². The molecule has 0 aliphatic heterocycles. The first kappa shape index (κ1) is 15.8. The van der Waals surface area contributed by atoms with Crippen molar-refractivity contribution in [2.24, 2.45) is 5.73 Å². The lowest BCUT2D eigenvalue weighted by Crippen LogP contribution is -2.41. The van der Waals surface area contributed by atoms with Gasteiger partial charge in [-0.2, -0.15) is 4.31 Å². The van der Waals surface area contributed by atoms with Gasteiger partial charge >= 0.3 is 0 Å². The number of sulfonamides is 1. The molecule has 1 fully saturated rings. The van der Waals surface area contributed by atoms with Gasteiger partial charge in [0.2, 0.25) is 10.0 Å². The van der Waals surface area contributed by atoms with Crippen molar-refractivity contribution < 1.29 is 8.42 Å². The second-order valence-electron chi connectivity index (χ2n) is 5.50. The zero-order valence-corrected chi connectivity index (χ0v) is 13.4. The highest BCUT2D eigenvalue weighted by Crippen LogP contribution is 2.28. The fraction of sp³-hybridized carbons (Fsp3) is 0.571. The molecule has 0 spiro atoms. The molecule has 1 aliphatic carbocycles. The minimum atomic E-state index is -3.47. The number of nitrogens with two attached hydrogens (primary N) is 1. The Labute approximate surface area is 126 Å². The average Bonchev–Trinajstić information content (AvgIpc) is 2.38. The van der Waals surface area contributed by atoms with Crippen molar-refractivity contribution in [3.63, 3.8) is 0 Å². The third kappa shape index (κ3) is 3.17.